The minimum Gasteiger partial charge on any atom is -0.310 e. The first-order valence-corrected chi connectivity index (χ1v) is 18.4. The Kier molecular flexibility index (Phi) is 8.90. The maximum absolute atomic E-state index is 9.93. The molecule has 2 heterocycles. The van der Waals surface area contributed by atoms with Crippen molar-refractivity contribution in [3.8, 4) is 63.9 Å². The highest BCUT2D eigenvalue weighted by Gasteiger charge is 2.19. The van der Waals surface area contributed by atoms with Gasteiger partial charge in [-0.2, -0.15) is 21.0 Å². The van der Waals surface area contributed by atoms with Crippen molar-refractivity contribution in [3.63, 3.8) is 0 Å². The van der Waals surface area contributed by atoms with E-state index in [-0.39, 0.29) is 0 Å². The van der Waals surface area contributed by atoms with E-state index in [4.69, 9.17) is 9.97 Å². The number of fused-ring (bicyclic) bond motifs is 3. The maximum Gasteiger partial charge on any atom is 0.161 e. The standard InChI is InChI=1S/C50H28N8/c51-29-33-13-19-38(20-14-33)57(39-21-15-34(30-52)16-22-39)41-25-26-49-45(27-41)44-11-5-6-12-48(44)58(49)40-23-17-35(18-24-40)46-28-47(42-9-3-1-7-36(42)31-53)56-50(55-46)43-10-4-2-8-37(43)32-54/h1-28H. The molecule has 268 valence electrons. The largest absolute Gasteiger partial charge is 0.310 e. The zero-order chi connectivity index (χ0) is 39.6. The fourth-order valence-corrected chi connectivity index (χ4v) is 7.41. The second-order valence-electron chi connectivity index (χ2n) is 13.5. The van der Waals surface area contributed by atoms with Crippen LogP contribution in [0.15, 0.2) is 170 Å². The van der Waals surface area contributed by atoms with Crippen LogP contribution in [0.5, 0.6) is 0 Å². The van der Waals surface area contributed by atoms with Crippen molar-refractivity contribution in [1.29, 1.82) is 21.0 Å². The Morgan fingerprint density at radius 2 is 0.966 bits per heavy atom. The van der Waals surface area contributed by atoms with Gasteiger partial charge in [0.05, 0.1) is 69.0 Å². The topological polar surface area (TPSA) is 129 Å². The highest BCUT2D eigenvalue weighted by Crippen LogP contribution is 2.40. The first-order valence-electron chi connectivity index (χ1n) is 18.4. The lowest BCUT2D eigenvalue weighted by atomic mass is 10.0. The van der Waals surface area contributed by atoms with E-state index in [9.17, 15) is 21.0 Å². The number of nitriles is 4. The van der Waals surface area contributed by atoms with Gasteiger partial charge in [-0.15, -0.1) is 0 Å². The Morgan fingerprint density at radius 3 is 1.60 bits per heavy atom. The van der Waals surface area contributed by atoms with Gasteiger partial charge in [0.2, 0.25) is 0 Å². The van der Waals surface area contributed by atoms with Crippen molar-refractivity contribution in [1.82, 2.24) is 14.5 Å². The van der Waals surface area contributed by atoms with E-state index < -0.39 is 0 Å². The molecule has 0 fully saturated rings. The van der Waals surface area contributed by atoms with Gasteiger partial charge in [0, 0.05) is 50.2 Å². The first-order chi connectivity index (χ1) is 28.6. The number of hydrogen-bond donors (Lipinski definition) is 0. The van der Waals surface area contributed by atoms with Crippen molar-refractivity contribution in [2.75, 3.05) is 4.90 Å². The zero-order valence-electron chi connectivity index (χ0n) is 30.7. The monoisotopic (exact) mass is 740 g/mol. The van der Waals surface area contributed by atoms with Crippen LogP contribution in [0.1, 0.15) is 22.3 Å². The molecule has 0 bridgehead atoms. The Morgan fingerprint density at radius 1 is 0.431 bits per heavy atom. The molecule has 7 aromatic carbocycles. The molecule has 0 aliphatic carbocycles. The summed E-state index contributed by atoms with van der Waals surface area (Å²) in [5.74, 6) is 0.399. The van der Waals surface area contributed by atoms with Crippen molar-refractivity contribution in [3.05, 3.63) is 192 Å². The summed E-state index contributed by atoms with van der Waals surface area (Å²) in [6.45, 7) is 0. The average molecular weight is 741 g/mol. The fourth-order valence-electron chi connectivity index (χ4n) is 7.41. The summed E-state index contributed by atoms with van der Waals surface area (Å²) in [5, 5.41) is 40.9. The molecule has 0 N–H and O–H groups in total. The summed E-state index contributed by atoms with van der Waals surface area (Å²) in [6.07, 6.45) is 0. The molecule has 0 atom stereocenters. The number of rotatable bonds is 7. The van der Waals surface area contributed by atoms with E-state index in [0.717, 1.165) is 50.1 Å². The number of nitrogens with zero attached hydrogens (tertiary/aromatic N) is 8. The van der Waals surface area contributed by atoms with Gasteiger partial charge in [0.25, 0.3) is 0 Å². The zero-order valence-corrected chi connectivity index (χ0v) is 30.7. The summed E-state index contributed by atoms with van der Waals surface area (Å²) < 4.78 is 2.25. The summed E-state index contributed by atoms with van der Waals surface area (Å²) in [5.41, 5.74) is 11.2. The Bertz CT molecular complexity index is 3070. The lowest BCUT2D eigenvalue weighted by Crippen LogP contribution is -2.10. The summed E-state index contributed by atoms with van der Waals surface area (Å²) in [7, 11) is 0. The summed E-state index contributed by atoms with van der Waals surface area (Å²) >= 11 is 0. The molecule has 0 saturated heterocycles. The smallest absolute Gasteiger partial charge is 0.161 e. The van der Waals surface area contributed by atoms with E-state index in [1.165, 1.54) is 0 Å². The van der Waals surface area contributed by atoms with Crippen LogP contribution >= 0.6 is 0 Å². The molecule has 0 amide bonds. The molecule has 2 aromatic heterocycles. The minimum atomic E-state index is 0.399. The number of aromatic nitrogens is 3. The van der Waals surface area contributed by atoms with Crippen LogP contribution in [0, 0.1) is 45.3 Å². The van der Waals surface area contributed by atoms with Crippen molar-refractivity contribution >= 4 is 38.9 Å². The molecule has 0 spiro atoms. The molecule has 0 unspecified atom stereocenters. The van der Waals surface area contributed by atoms with Crippen LogP contribution < -0.4 is 4.90 Å². The highest BCUT2D eigenvalue weighted by molar-refractivity contribution is 6.10. The van der Waals surface area contributed by atoms with Gasteiger partial charge >= 0.3 is 0 Å². The molecule has 9 aromatic rings. The molecule has 0 radical (unpaired) electrons. The number of para-hydroxylation sites is 1. The van der Waals surface area contributed by atoms with Crippen LogP contribution in [0.25, 0.3) is 61.4 Å². The molecular formula is C50H28N8. The molecule has 8 heteroatoms. The van der Waals surface area contributed by atoms with Crippen LogP contribution in [-0.4, -0.2) is 14.5 Å². The van der Waals surface area contributed by atoms with E-state index in [1.54, 1.807) is 36.4 Å². The van der Waals surface area contributed by atoms with Crippen LogP contribution in [-0.2, 0) is 0 Å². The SMILES string of the molecule is N#Cc1ccc(N(c2ccc(C#N)cc2)c2ccc3c(c2)c2ccccc2n3-c2ccc(-c3cc(-c4ccccc4C#N)nc(-c4ccccc4C#N)n3)cc2)cc1. The van der Waals surface area contributed by atoms with Crippen LogP contribution in [0.4, 0.5) is 17.1 Å². The third kappa shape index (κ3) is 6.22. The molecule has 0 saturated carbocycles. The molecule has 8 nitrogen and oxygen atoms in total. The summed E-state index contributed by atoms with van der Waals surface area (Å²) in [6, 6.07) is 63.3. The number of hydrogen-bond acceptors (Lipinski definition) is 7. The first kappa shape index (κ1) is 34.9. The number of benzene rings is 7. The second-order valence-corrected chi connectivity index (χ2v) is 13.5. The number of anilines is 3. The predicted molar refractivity (Wildman–Crippen MR) is 226 cm³/mol. The Hall–Kier alpha value is -8.82. The Labute approximate surface area is 334 Å². The third-order valence-corrected chi connectivity index (χ3v) is 10.2. The van der Waals surface area contributed by atoms with Crippen molar-refractivity contribution in [2.24, 2.45) is 0 Å². The normalized spacial score (nSPS) is 10.7. The molecule has 0 aliphatic heterocycles. The minimum absolute atomic E-state index is 0.399. The van der Waals surface area contributed by atoms with Crippen molar-refractivity contribution in [2.45, 2.75) is 0 Å². The molecular weight excluding hydrogens is 713 g/mol. The van der Waals surface area contributed by atoms with Gasteiger partial charge in [-0.3, -0.25) is 0 Å². The van der Waals surface area contributed by atoms with Gasteiger partial charge in [-0.25, -0.2) is 9.97 Å². The maximum atomic E-state index is 9.93. The van der Waals surface area contributed by atoms with E-state index in [2.05, 4.69) is 76.2 Å². The van der Waals surface area contributed by atoms with Gasteiger partial charge in [0.1, 0.15) is 0 Å². The van der Waals surface area contributed by atoms with Gasteiger partial charge in [0.15, 0.2) is 5.82 Å². The molecule has 58 heavy (non-hydrogen) atoms. The van der Waals surface area contributed by atoms with E-state index in [1.807, 2.05) is 91.0 Å². The quantitative estimate of drug-likeness (QED) is 0.159. The van der Waals surface area contributed by atoms with E-state index >= 15 is 0 Å². The lowest BCUT2D eigenvalue weighted by Gasteiger charge is -2.25. The van der Waals surface area contributed by atoms with Gasteiger partial charge in [-0.05, 0) is 109 Å². The predicted octanol–water partition coefficient (Wildman–Crippen LogP) is 11.5. The van der Waals surface area contributed by atoms with Crippen molar-refractivity contribution < 1.29 is 0 Å². The van der Waals surface area contributed by atoms with Crippen LogP contribution in [0.2, 0.25) is 0 Å². The highest BCUT2D eigenvalue weighted by atomic mass is 15.1. The molecule has 9 rings (SSSR count). The van der Waals surface area contributed by atoms with Gasteiger partial charge in [-0.1, -0.05) is 60.7 Å². The Balaban J connectivity index is 1.16. The average Bonchev–Trinajstić information content (AvgIpc) is 3.63. The van der Waals surface area contributed by atoms with Crippen LogP contribution in [0.3, 0.4) is 0 Å². The third-order valence-electron chi connectivity index (χ3n) is 10.2. The summed E-state index contributed by atoms with van der Waals surface area (Å²) in [4.78, 5) is 12.0. The van der Waals surface area contributed by atoms with E-state index in [0.29, 0.717) is 50.6 Å². The second kappa shape index (κ2) is 14.8. The molecule has 0 aliphatic rings. The van der Waals surface area contributed by atoms with Gasteiger partial charge < -0.3 is 9.47 Å². The lowest BCUT2D eigenvalue weighted by molar-refractivity contribution is 1.17. The fraction of sp³-hybridized carbons (Fsp3) is 0.